The van der Waals surface area contributed by atoms with E-state index in [1.54, 1.807) is 5.56 Å². The van der Waals surface area contributed by atoms with E-state index in [-0.39, 0.29) is 0 Å². The van der Waals surface area contributed by atoms with E-state index in [2.05, 4.69) is 32.2 Å². The van der Waals surface area contributed by atoms with Gasteiger partial charge in [0.15, 0.2) is 0 Å². The minimum atomic E-state index is 0.580. The third kappa shape index (κ3) is 4.32. The molecule has 1 aliphatic rings. The summed E-state index contributed by atoms with van der Waals surface area (Å²) in [6.45, 7) is 7.80. The fourth-order valence-electron chi connectivity index (χ4n) is 3.49. The van der Waals surface area contributed by atoms with E-state index in [0.717, 1.165) is 12.5 Å². The molecule has 1 saturated carbocycles. The predicted octanol–water partition coefficient (Wildman–Crippen LogP) is 5.38. The fourth-order valence-corrected chi connectivity index (χ4v) is 4.48. The van der Waals surface area contributed by atoms with Crippen LogP contribution in [0.2, 0.25) is 0 Å². The van der Waals surface area contributed by atoms with E-state index in [1.165, 1.54) is 54.7 Å². The summed E-state index contributed by atoms with van der Waals surface area (Å²) in [6.07, 6.45) is 10.1. The van der Waals surface area contributed by atoms with Crippen molar-refractivity contribution in [2.75, 3.05) is 6.54 Å². The molecule has 1 unspecified atom stereocenters. The number of hydrogen-bond donors (Lipinski definition) is 1. The summed E-state index contributed by atoms with van der Waals surface area (Å²) in [4.78, 5) is 2.96. The molecule has 1 aromatic rings. The van der Waals surface area contributed by atoms with Crippen molar-refractivity contribution in [1.29, 1.82) is 0 Å². The first-order valence-corrected chi connectivity index (χ1v) is 8.82. The maximum Gasteiger partial charge on any atom is 0.0331 e. The van der Waals surface area contributed by atoms with E-state index >= 15 is 0 Å². The maximum atomic E-state index is 3.70. The number of aryl methyl sites for hydroxylation is 2. The van der Waals surface area contributed by atoms with Crippen LogP contribution in [-0.4, -0.2) is 6.54 Å². The van der Waals surface area contributed by atoms with Crippen molar-refractivity contribution in [3.05, 3.63) is 21.4 Å². The van der Waals surface area contributed by atoms with Gasteiger partial charge >= 0.3 is 0 Å². The highest BCUT2D eigenvalue weighted by Crippen LogP contribution is 2.33. The van der Waals surface area contributed by atoms with Crippen LogP contribution < -0.4 is 5.32 Å². The molecule has 19 heavy (non-hydrogen) atoms. The largest absolute Gasteiger partial charge is 0.310 e. The lowest BCUT2D eigenvalue weighted by atomic mass is 9.84. The molecule has 0 radical (unpaired) electrons. The maximum absolute atomic E-state index is 3.70. The van der Waals surface area contributed by atoms with Gasteiger partial charge in [0, 0.05) is 15.8 Å². The zero-order valence-corrected chi connectivity index (χ0v) is 13.6. The smallest absolute Gasteiger partial charge is 0.0331 e. The third-order valence-corrected chi connectivity index (χ3v) is 5.48. The summed E-state index contributed by atoms with van der Waals surface area (Å²) >= 11 is 1.94. The van der Waals surface area contributed by atoms with Crippen molar-refractivity contribution in [1.82, 2.24) is 5.32 Å². The Bertz CT molecular complexity index is 377. The van der Waals surface area contributed by atoms with E-state index in [9.17, 15) is 0 Å². The molecule has 1 heterocycles. The Morgan fingerprint density at radius 2 is 2.00 bits per heavy atom. The molecule has 0 spiro atoms. The molecular formula is C17H29NS. The number of thiophene rings is 1. The fraction of sp³-hybridized carbons (Fsp3) is 0.765. The Morgan fingerprint density at radius 1 is 1.26 bits per heavy atom. The van der Waals surface area contributed by atoms with Crippen molar-refractivity contribution in [2.45, 2.75) is 71.8 Å². The lowest BCUT2D eigenvalue weighted by Crippen LogP contribution is -2.22. The normalized spacial score (nSPS) is 18.7. The molecule has 0 saturated heterocycles. The molecule has 1 nitrogen and oxygen atoms in total. The Hall–Kier alpha value is -0.340. The van der Waals surface area contributed by atoms with Gasteiger partial charge in [-0.05, 0) is 50.8 Å². The van der Waals surface area contributed by atoms with E-state index in [0.29, 0.717) is 6.04 Å². The zero-order valence-electron chi connectivity index (χ0n) is 12.8. The van der Waals surface area contributed by atoms with Crippen LogP contribution in [-0.2, 0) is 0 Å². The van der Waals surface area contributed by atoms with Gasteiger partial charge in [0.25, 0.3) is 0 Å². The number of rotatable bonds is 6. The predicted molar refractivity (Wildman–Crippen MR) is 86.0 cm³/mol. The molecule has 1 aliphatic carbocycles. The molecule has 1 N–H and O–H groups in total. The second kappa shape index (κ2) is 7.44. The van der Waals surface area contributed by atoms with Gasteiger partial charge < -0.3 is 5.32 Å². The average Bonchev–Trinajstić information content (AvgIpc) is 2.75. The standard InChI is InChI=1S/C17H29NS/c1-4-18-17(16-12-13(2)19-14(16)3)11-10-15-8-6-5-7-9-15/h12,15,17-18H,4-11H2,1-3H3. The Morgan fingerprint density at radius 3 is 2.58 bits per heavy atom. The molecule has 108 valence electrons. The summed E-state index contributed by atoms with van der Waals surface area (Å²) in [6, 6.07) is 2.98. The van der Waals surface area contributed by atoms with Gasteiger partial charge in [-0.15, -0.1) is 11.3 Å². The summed E-state index contributed by atoms with van der Waals surface area (Å²) in [5.74, 6) is 0.995. The van der Waals surface area contributed by atoms with Crippen molar-refractivity contribution in [2.24, 2.45) is 5.92 Å². The minimum Gasteiger partial charge on any atom is -0.310 e. The molecule has 2 heteroatoms. The second-order valence-electron chi connectivity index (χ2n) is 6.06. The number of nitrogens with one attached hydrogen (secondary N) is 1. The van der Waals surface area contributed by atoms with Crippen molar-refractivity contribution < 1.29 is 0 Å². The summed E-state index contributed by atoms with van der Waals surface area (Å²) in [7, 11) is 0. The molecule has 0 amide bonds. The molecule has 1 aromatic heterocycles. The Balaban J connectivity index is 1.93. The first-order valence-electron chi connectivity index (χ1n) is 8.01. The monoisotopic (exact) mass is 279 g/mol. The van der Waals surface area contributed by atoms with Crippen molar-refractivity contribution >= 4 is 11.3 Å². The first-order chi connectivity index (χ1) is 9.20. The highest BCUT2D eigenvalue weighted by molar-refractivity contribution is 7.12. The van der Waals surface area contributed by atoms with Crippen LogP contribution in [0.3, 0.4) is 0 Å². The zero-order chi connectivity index (χ0) is 13.7. The van der Waals surface area contributed by atoms with Gasteiger partial charge in [-0.1, -0.05) is 39.0 Å². The highest BCUT2D eigenvalue weighted by atomic mass is 32.1. The molecular weight excluding hydrogens is 250 g/mol. The van der Waals surface area contributed by atoms with Crippen LogP contribution in [0.25, 0.3) is 0 Å². The average molecular weight is 279 g/mol. The minimum absolute atomic E-state index is 0.580. The van der Waals surface area contributed by atoms with Gasteiger partial charge in [0.1, 0.15) is 0 Å². The lowest BCUT2D eigenvalue weighted by molar-refractivity contribution is 0.315. The molecule has 1 atom stereocenters. The van der Waals surface area contributed by atoms with Crippen molar-refractivity contribution in [3.8, 4) is 0 Å². The molecule has 0 aromatic carbocycles. The first kappa shape index (κ1) is 15.1. The third-order valence-electron chi connectivity index (χ3n) is 4.49. The van der Waals surface area contributed by atoms with E-state index in [4.69, 9.17) is 0 Å². The molecule has 0 bridgehead atoms. The van der Waals surface area contributed by atoms with Gasteiger partial charge in [-0.2, -0.15) is 0 Å². The summed E-state index contributed by atoms with van der Waals surface area (Å²) < 4.78 is 0. The van der Waals surface area contributed by atoms with Gasteiger partial charge in [-0.25, -0.2) is 0 Å². The van der Waals surface area contributed by atoms with Crippen LogP contribution in [0, 0.1) is 19.8 Å². The van der Waals surface area contributed by atoms with E-state index < -0.39 is 0 Å². The van der Waals surface area contributed by atoms with Crippen LogP contribution in [0.15, 0.2) is 6.07 Å². The van der Waals surface area contributed by atoms with Crippen LogP contribution >= 0.6 is 11.3 Å². The van der Waals surface area contributed by atoms with Gasteiger partial charge in [0.2, 0.25) is 0 Å². The quantitative estimate of drug-likeness (QED) is 0.737. The van der Waals surface area contributed by atoms with Gasteiger partial charge in [-0.3, -0.25) is 0 Å². The second-order valence-corrected chi connectivity index (χ2v) is 7.52. The summed E-state index contributed by atoms with van der Waals surface area (Å²) in [5, 5.41) is 3.70. The van der Waals surface area contributed by atoms with Crippen LogP contribution in [0.4, 0.5) is 0 Å². The van der Waals surface area contributed by atoms with Crippen LogP contribution in [0.1, 0.15) is 73.2 Å². The molecule has 2 rings (SSSR count). The highest BCUT2D eigenvalue weighted by Gasteiger charge is 2.19. The molecule has 0 aliphatic heterocycles. The van der Waals surface area contributed by atoms with Gasteiger partial charge in [0.05, 0.1) is 0 Å². The van der Waals surface area contributed by atoms with Crippen LogP contribution in [0.5, 0.6) is 0 Å². The van der Waals surface area contributed by atoms with Crippen molar-refractivity contribution in [3.63, 3.8) is 0 Å². The Labute approximate surface area is 122 Å². The summed E-state index contributed by atoms with van der Waals surface area (Å²) in [5.41, 5.74) is 1.56. The van der Waals surface area contributed by atoms with E-state index in [1.807, 2.05) is 11.3 Å². The topological polar surface area (TPSA) is 12.0 Å². The lowest BCUT2D eigenvalue weighted by Gasteiger charge is -2.25. The molecule has 1 fully saturated rings. The SMILES string of the molecule is CCNC(CCC1CCCCC1)c1cc(C)sc1C. The Kier molecular flexibility index (Phi) is 5.90. The number of hydrogen-bond acceptors (Lipinski definition) is 2.